The van der Waals surface area contributed by atoms with Crippen LogP contribution < -0.4 is 0 Å². The van der Waals surface area contributed by atoms with Crippen molar-refractivity contribution in [2.75, 3.05) is 0 Å². The Hall–Kier alpha value is -1.82. The fourth-order valence-electron chi connectivity index (χ4n) is 2.29. The summed E-state index contributed by atoms with van der Waals surface area (Å²) in [6.45, 7) is 7.53. The second-order valence-electron chi connectivity index (χ2n) is 5.37. The average Bonchev–Trinajstić information content (AvgIpc) is 2.73. The molecule has 3 heteroatoms. The summed E-state index contributed by atoms with van der Waals surface area (Å²) < 4.78 is 2.21. The van der Waals surface area contributed by atoms with Gasteiger partial charge in [-0.2, -0.15) is 5.26 Å². The molecule has 0 saturated heterocycles. The van der Waals surface area contributed by atoms with E-state index in [4.69, 9.17) is 5.26 Å². The number of nitrogens with zero attached hydrogens (tertiary/aromatic N) is 3. The number of aryl methyl sites for hydroxylation is 2. The van der Waals surface area contributed by atoms with Gasteiger partial charge in [0.1, 0.15) is 5.82 Å². The Bertz CT molecular complexity index is 602. The van der Waals surface area contributed by atoms with Gasteiger partial charge in [0.25, 0.3) is 0 Å². The summed E-state index contributed by atoms with van der Waals surface area (Å²) in [4.78, 5) is 4.63. The van der Waals surface area contributed by atoms with E-state index in [9.17, 15) is 0 Å². The molecule has 0 unspecified atom stereocenters. The molecule has 0 atom stereocenters. The van der Waals surface area contributed by atoms with E-state index in [1.807, 2.05) is 0 Å². The zero-order chi connectivity index (χ0) is 13.8. The molecule has 0 saturated carbocycles. The van der Waals surface area contributed by atoms with Crippen molar-refractivity contribution in [3.63, 3.8) is 0 Å². The molecule has 0 spiro atoms. The maximum Gasteiger partial charge on any atom is 0.124 e. The second-order valence-corrected chi connectivity index (χ2v) is 5.37. The number of aromatic nitrogens is 2. The first-order chi connectivity index (χ1) is 9.15. The lowest BCUT2D eigenvalue weighted by atomic mass is 10.1. The minimum atomic E-state index is 0.383. The number of fused-ring (bicyclic) bond motifs is 1. The molecular formula is C16H21N3. The molecule has 19 heavy (non-hydrogen) atoms. The van der Waals surface area contributed by atoms with Gasteiger partial charge in [0.15, 0.2) is 0 Å². The maximum absolute atomic E-state index is 8.94. The van der Waals surface area contributed by atoms with Crippen LogP contribution in [0.5, 0.6) is 0 Å². The van der Waals surface area contributed by atoms with Crippen molar-refractivity contribution < 1.29 is 0 Å². The lowest BCUT2D eigenvalue weighted by molar-refractivity contribution is 0.515. The van der Waals surface area contributed by atoms with Gasteiger partial charge in [-0.05, 0) is 36.5 Å². The molecule has 0 bridgehead atoms. The monoisotopic (exact) mass is 255 g/mol. The number of nitriles is 1. The summed E-state index contributed by atoms with van der Waals surface area (Å²) in [5.74, 6) is 1.55. The molecule has 0 amide bonds. The third kappa shape index (κ3) is 2.96. The van der Waals surface area contributed by atoms with Crippen LogP contribution in [0, 0.1) is 17.2 Å². The first-order valence-corrected chi connectivity index (χ1v) is 7.00. The fraction of sp³-hybridized carbons (Fsp3) is 0.500. The molecule has 100 valence electrons. The quantitative estimate of drug-likeness (QED) is 0.817. The highest BCUT2D eigenvalue weighted by Crippen LogP contribution is 2.20. The first kappa shape index (κ1) is 13.6. The van der Waals surface area contributed by atoms with Crippen molar-refractivity contribution in [2.45, 2.75) is 46.6 Å². The van der Waals surface area contributed by atoms with Crippen molar-refractivity contribution in [2.24, 2.45) is 5.92 Å². The van der Waals surface area contributed by atoms with E-state index in [1.165, 1.54) is 5.56 Å². The van der Waals surface area contributed by atoms with Crippen LogP contribution in [0.15, 0.2) is 18.2 Å². The van der Waals surface area contributed by atoms with Crippen LogP contribution in [0.1, 0.15) is 38.6 Å². The van der Waals surface area contributed by atoms with Crippen molar-refractivity contribution in [1.29, 1.82) is 5.26 Å². The van der Waals surface area contributed by atoms with Crippen molar-refractivity contribution in [1.82, 2.24) is 9.55 Å². The number of benzene rings is 1. The minimum Gasteiger partial charge on any atom is -0.327 e. The number of imidazole rings is 1. The van der Waals surface area contributed by atoms with Crippen LogP contribution in [0.3, 0.4) is 0 Å². The van der Waals surface area contributed by atoms with Crippen LogP contribution in [0.4, 0.5) is 0 Å². The Morgan fingerprint density at radius 2 is 2.16 bits per heavy atom. The Morgan fingerprint density at radius 3 is 2.79 bits per heavy atom. The summed E-state index contributed by atoms with van der Waals surface area (Å²) >= 11 is 0. The third-order valence-corrected chi connectivity index (χ3v) is 3.47. The van der Waals surface area contributed by atoms with E-state index in [1.54, 1.807) is 0 Å². The van der Waals surface area contributed by atoms with E-state index < -0.39 is 0 Å². The van der Waals surface area contributed by atoms with Gasteiger partial charge in [0, 0.05) is 6.54 Å². The Kier molecular flexibility index (Phi) is 4.21. The van der Waals surface area contributed by atoms with Gasteiger partial charge in [0.2, 0.25) is 0 Å². The van der Waals surface area contributed by atoms with Gasteiger partial charge in [-0.3, -0.25) is 0 Å². The van der Waals surface area contributed by atoms with E-state index in [0.717, 1.165) is 36.2 Å². The molecule has 0 aliphatic carbocycles. The van der Waals surface area contributed by atoms with Gasteiger partial charge >= 0.3 is 0 Å². The number of hydrogen-bond acceptors (Lipinski definition) is 2. The van der Waals surface area contributed by atoms with Crippen molar-refractivity contribution >= 4 is 11.0 Å². The predicted octanol–water partition coefficient (Wildman–Crippen LogP) is 3.71. The Balaban J connectivity index is 2.45. The zero-order valence-corrected chi connectivity index (χ0v) is 12.0. The predicted molar refractivity (Wildman–Crippen MR) is 77.9 cm³/mol. The van der Waals surface area contributed by atoms with Crippen LogP contribution in [-0.2, 0) is 19.4 Å². The van der Waals surface area contributed by atoms with E-state index >= 15 is 0 Å². The molecule has 2 aromatic rings. The van der Waals surface area contributed by atoms with E-state index in [0.29, 0.717) is 12.3 Å². The molecule has 1 heterocycles. The highest BCUT2D eigenvalue weighted by Gasteiger charge is 2.11. The summed E-state index contributed by atoms with van der Waals surface area (Å²) in [7, 11) is 0. The summed E-state index contributed by atoms with van der Waals surface area (Å²) in [6, 6.07) is 8.66. The summed E-state index contributed by atoms with van der Waals surface area (Å²) in [5.41, 5.74) is 3.47. The van der Waals surface area contributed by atoms with Gasteiger partial charge in [-0.1, -0.05) is 26.8 Å². The van der Waals surface area contributed by atoms with Gasteiger partial charge in [0.05, 0.1) is 23.5 Å². The normalized spacial score (nSPS) is 11.1. The van der Waals surface area contributed by atoms with Crippen LogP contribution >= 0.6 is 0 Å². The zero-order valence-electron chi connectivity index (χ0n) is 12.0. The highest BCUT2D eigenvalue weighted by atomic mass is 15.1. The van der Waals surface area contributed by atoms with Crippen LogP contribution in [-0.4, -0.2) is 9.55 Å². The van der Waals surface area contributed by atoms with Crippen LogP contribution in [0.25, 0.3) is 11.0 Å². The van der Waals surface area contributed by atoms with Crippen LogP contribution in [0.2, 0.25) is 0 Å². The Labute approximate surface area is 114 Å². The number of rotatable bonds is 5. The smallest absolute Gasteiger partial charge is 0.124 e. The molecule has 0 aliphatic rings. The van der Waals surface area contributed by atoms with Crippen molar-refractivity contribution in [3.8, 4) is 6.07 Å². The molecule has 1 aromatic heterocycles. The van der Waals surface area contributed by atoms with Gasteiger partial charge in [-0.15, -0.1) is 0 Å². The summed E-state index contributed by atoms with van der Waals surface area (Å²) in [6.07, 6.45) is 2.51. The second kappa shape index (κ2) is 5.88. The van der Waals surface area contributed by atoms with E-state index in [2.05, 4.69) is 54.6 Å². The average molecular weight is 255 g/mol. The fourth-order valence-corrected chi connectivity index (χ4v) is 2.29. The lowest BCUT2D eigenvalue weighted by Crippen LogP contribution is -2.05. The van der Waals surface area contributed by atoms with Gasteiger partial charge in [-0.25, -0.2) is 4.98 Å². The van der Waals surface area contributed by atoms with E-state index in [-0.39, 0.29) is 0 Å². The van der Waals surface area contributed by atoms with Crippen molar-refractivity contribution in [3.05, 3.63) is 29.6 Å². The molecule has 0 N–H and O–H groups in total. The molecule has 1 aromatic carbocycles. The summed E-state index contributed by atoms with van der Waals surface area (Å²) in [5, 5.41) is 8.94. The molecule has 2 rings (SSSR count). The Morgan fingerprint density at radius 1 is 1.37 bits per heavy atom. The molecule has 3 nitrogen and oxygen atoms in total. The molecule has 0 aliphatic heterocycles. The number of hydrogen-bond donors (Lipinski definition) is 0. The standard InChI is InChI=1S/C16H21N3/c1-4-13-5-6-15-14(11-13)18-16(7-9-17)19(15)10-8-12(2)3/h5-6,11-12H,4,7-8,10H2,1-3H3. The topological polar surface area (TPSA) is 41.6 Å². The SMILES string of the molecule is CCc1ccc2c(c1)nc(CC#N)n2CCC(C)C. The first-order valence-electron chi connectivity index (χ1n) is 7.00. The maximum atomic E-state index is 8.94. The lowest BCUT2D eigenvalue weighted by Gasteiger charge is -2.09. The third-order valence-electron chi connectivity index (χ3n) is 3.47. The largest absolute Gasteiger partial charge is 0.327 e. The molecular weight excluding hydrogens is 234 g/mol. The minimum absolute atomic E-state index is 0.383. The highest BCUT2D eigenvalue weighted by molar-refractivity contribution is 5.77. The molecule has 0 fully saturated rings. The van der Waals surface area contributed by atoms with Gasteiger partial charge < -0.3 is 4.57 Å². The molecule has 0 radical (unpaired) electrons.